The molecule has 3 rings (SSSR count). The number of hydrogen-bond donors (Lipinski definition) is 0. The predicted molar refractivity (Wildman–Crippen MR) is 61.7 cm³/mol. The molecule has 98 valence electrons. The Morgan fingerprint density at radius 1 is 1.50 bits per heavy atom. The zero-order valence-corrected chi connectivity index (χ0v) is 10.5. The van der Waals surface area contributed by atoms with E-state index in [2.05, 4.69) is 10.1 Å². The fourth-order valence-corrected chi connectivity index (χ4v) is 2.38. The molecule has 1 aromatic heterocycles. The minimum Gasteiger partial charge on any atom is -0.375 e. The molecule has 0 N–H and O–H groups in total. The van der Waals surface area contributed by atoms with E-state index in [-0.39, 0.29) is 11.8 Å². The second kappa shape index (κ2) is 4.68. The zero-order valence-electron chi connectivity index (χ0n) is 10.5. The Hall–Kier alpha value is -1.43. The van der Waals surface area contributed by atoms with E-state index in [1.807, 2.05) is 4.90 Å². The Labute approximate surface area is 105 Å². The predicted octanol–water partition coefficient (Wildman–Crippen LogP) is 0.942. The first kappa shape index (κ1) is 11.6. The van der Waals surface area contributed by atoms with Crippen LogP contribution in [0.1, 0.15) is 36.9 Å². The van der Waals surface area contributed by atoms with Crippen molar-refractivity contribution in [1.82, 2.24) is 15.0 Å². The van der Waals surface area contributed by atoms with E-state index >= 15 is 0 Å². The maximum atomic E-state index is 11.9. The van der Waals surface area contributed by atoms with Crippen LogP contribution in [0.25, 0.3) is 0 Å². The van der Waals surface area contributed by atoms with Gasteiger partial charge >= 0.3 is 0 Å². The third-order valence-electron chi connectivity index (χ3n) is 3.54. The topological polar surface area (TPSA) is 68.5 Å². The molecule has 1 aliphatic heterocycles. The van der Waals surface area contributed by atoms with Crippen molar-refractivity contribution in [3.63, 3.8) is 0 Å². The maximum absolute atomic E-state index is 11.9. The average molecular weight is 251 g/mol. The molecule has 1 amide bonds. The lowest BCUT2D eigenvalue weighted by Crippen LogP contribution is -2.29. The molecule has 1 saturated heterocycles. The van der Waals surface area contributed by atoms with Crippen molar-refractivity contribution in [3.8, 4) is 0 Å². The molecule has 1 aliphatic carbocycles. The Kier molecular flexibility index (Phi) is 3.03. The average Bonchev–Trinajstić information content (AvgIpc) is 2.91. The van der Waals surface area contributed by atoms with E-state index in [1.165, 1.54) is 0 Å². The van der Waals surface area contributed by atoms with Gasteiger partial charge in [-0.05, 0) is 19.3 Å². The lowest BCUT2D eigenvalue weighted by atomic mass is 10.1. The fraction of sp³-hybridized carbons (Fsp3) is 0.750. The number of likely N-dealkylation sites (tertiary alicyclic amines) is 1. The number of carbonyl (C=O) groups is 1. The number of amides is 1. The van der Waals surface area contributed by atoms with Crippen molar-refractivity contribution < 1.29 is 14.1 Å². The molecule has 1 aromatic rings. The lowest BCUT2D eigenvalue weighted by molar-refractivity contribution is -0.131. The highest BCUT2D eigenvalue weighted by Crippen LogP contribution is 2.34. The highest BCUT2D eigenvalue weighted by molar-refractivity contribution is 5.81. The highest BCUT2D eigenvalue weighted by atomic mass is 16.5. The smallest absolute Gasteiger partial charge is 0.252 e. The minimum absolute atomic E-state index is 0.210. The van der Waals surface area contributed by atoms with Gasteiger partial charge in [-0.25, -0.2) is 0 Å². The highest BCUT2D eigenvalue weighted by Gasteiger charge is 2.37. The summed E-state index contributed by atoms with van der Waals surface area (Å²) in [6, 6.07) is 0. The molecule has 0 radical (unpaired) electrons. The standard InChI is InChI=1S/C12H17N3O3/c1-17-7-10-13-11(14-18-10)9-4-5-15(6-9)12(16)8-2-3-8/h8-9H,2-7H2,1H3. The summed E-state index contributed by atoms with van der Waals surface area (Å²) >= 11 is 0. The molecule has 0 spiro atoms. The van der Waals surface area contributed by atoms with Crippen LogP contribution in [-0.4, -0.2) is 41.1 Å². The minimum atomic E-state index is 0.210. The van der Waals surface area contributed by atoms with E-state index in [9.17, 15) is 4.79 Å². The van der Waals surface area contributed by atoms with E-state index in [1.54, 1.807) is 7.11 Å². The first-order valence-electron chi connectivity index (χ1n) is 6.38. The second-order valence-electron chi connectivity index (χ2n) is 5.02. The monoisotopic (exact) mass is 251 g/mol. The summed E-state index contributed by atoms with van der Waals surface area (Å²) in [7, 11) is 1.59. The summed E-state index contributed by atoms with van der Waals surface area (Å²) in [4.78, 5) is 18.2. The van der Waals surface area contributed by atoms with Crippen LogP contribution in [0, 0.1) is 5.92 Å². The number of aromatic nitrogens is 2. The van der Waals surface area contributed by atoms with Gasteiger partial charge in [-0.1, -0.05) is 5.16 Å². The van der Waals surface area contributed by atoms with Gasteiger partial charge in [-0.2, -0.15) is 4.98 Å². The van der Waals surface area contributed by atoms with Crippen LogP contribution < -0.4 is 0 Å². The zero-order chi connectivity index (χ0) is 12.5. The molecule has 1 atom stereocenters. The quantitative estimate of drug-likeness (QED) is 0.796. The molecule has 0 aromatic carbocycles. The molecule has 1 unspecified atom stereocenters. The van der Waals surface area contributed by atoms with Gasteiger partial charge < -0.3 is 14.2 Å². The summed E-state index contributed by atoms with van der Waals surface area (Å²) in [5, 5.41) is 3.97. The first-order chi connectivity index (χ1) is 8.78. The molecule has 18 heavy (non-hydrogen) atoms. The Morgan fingerprint density at radius 3 is 3.06 bits per heavy atom. The van der Waals surface area contributed by atoms with Gasteiger partial charge in [-0.15, -0.1) is 0 Å². The number of carbonyl (C=O) groups excluding carboxylic acids is 1. The van der Waals surface area contributed by atoms with Crippen LogP contribution in [0.5, 0.6) is 0 Å². The molecule has 1 saturated carbocycles. The number of hydrogen-bond acceptors (Lipinski definition) is 5. The van der Waals surface area contributed by atoms with Crippen molar-refractivity contribution in [1.29, 1.82) is 0 Å². The summed E-state index contributed by atoms with van der Waals surface area (Å²) in [6.07, 6.45) is 3.03. The number of rotatable bonds is 4. The molecule has 6 nitrogen and oxygen atoms in total. The van der Waals surface area contributed by atoms with E-state index in [0.29, 0.717) is 24.2 Å². The van der Waals surface area contributed by atoms with Crippen LogP contribution in [0.4, 0.5) is 0 Å². The summed E-state index contributed by atoms with van der Waals surface area (Å²) < 4.78 is 10.0. The molecule has 2 aliphatic rings. The third-order valence-corrected chi connectivity index (χ3v) is 3.54. The number of nitrogens with zero attached hydrogens (tertiary/aromatic N) is 3. The molecular formula is C12H17N3O3. The van der Waals surface area contributed by atoms with E-state index in [4.69, 9.17) is 9.26 Å². The van der Waals surface area contributed by atoms with Crippen molar-refractivity contribution in [2.24, 2.45) is 5.92 Å². The molecular weight excluding hydrogens is 234 g/mol. The largest absolute Gasteiger partial charge is 0.375 e. The Morgan fingerprint density at radius 2 is 2.33 bits per heavy atom. The third kappa shape index (κ3) is 2.25. The van der Waals surface area contributed by atoms with Gasteiger partial charge in [0.15, 0.2) is 5.82 Å². The fourth-order valence-electron chi connectivity index (χ4n) is 2.38. The molecule has 6 heteroatoms. The van der Waals surface area contributed by atoms with Crippen LogP contribution in [0.3, 0.4) is 0 Å². The molecule has 0 bridgehead atoms. The van der Waals surface area contributed by atoms with E-state index < -0.39 is 0 Å². The molecule has 2 heterocycles. The summed E-state index contributed by atoms with van der Waals surface area (Å²) in [5.41, 5.74) is 0. The second-order valence-corrected chi connectivity index (χ2v) is 5.02. The normalized spacial score (nSPS) is 23.6. The lowest BCUT2D eigenvalue weighted by Gasteiger charge is -2.14. The van der Waals surface area contributed by atoms with Gasteiger partial charge in [-0.3, -0.25) is 4.79 Å². The van der Waals surface area contributed by atoms with Gasteiger partial charge in [0.2, 0.25) is 5.91 Å². The van der Waals surface area contributed by atoms with Crippen LogP contribution in [0.15, 0.2) is 4.52 Å². The Bertz CT molecular complexity index is 442. The van der Waals surface area contributed by atoms with Gasteiger partial charge in [0.1, 0.15) is 6.61 Å². The summed E-state index contributed by atoms with van der Waals surface area (Å²) in [6.45, 7) is 1.87. The van der Waals surface area contributed by atoms with Gasteiger partial charge in [0, 0.05) is 32.0 Å². The van der Waals surface area contributed by atoms with Gasteiger partial charge in [0.05, 0.1) is 0 Å². The first-order valence-corrected chi connectivity index (χ1v) is 6.38. The van der Waals surface area contributed by atoms with Crippen molar-refractivity contribution in [2.75, 3.05) is 20.2 Å². The van der Waals surface area contributed by atoms with Crippen LogP contribution in [0.2, 0.25) is 0 Å². The van der Waals surface area contributed by atoms with Gasteiger partial charge in [0.25, 0.3) is 5.89 Å². The van der Waals surface area contributed by atoms with E-state index in [0.717, 1.165) is 32.4 Å². The summed E-state index contributed by atoms with van der Waals surface area (Å²) in [5.74, 6) is 2.01. The van der Waals surface area contributed by atoms with Crippen LogP contribution >= 0.6 is 0 Å². The van der Waals surface area contributed by atoms with Crippen LogP contribution in [-0.2, 0) is 16.1 Å². The SMILES string of the molecule is COCc1nc(C2CCN(C(=O)C3CC3)C2)no1. The maximum Gasteiger partial charge on any atom is 0.252 e. The Balaban J connectivity index is 1.61. The van der Waals surface area contributed by atoms with Crippen molar-refractivity contribution >= 4 is 5.91 Å². The molecule has 2 fully saturated rings. The van der Waals surface area contributed by atoms with Crippen molar-refractivity contribution in [3.05, 3.63) is 11.7 Å². The number of ether oxygens (including phenoxy) is 1. The number of methoxy groups -OCH3 is 1. The van der Waals surface area contributed by atoms with Crippen molar-refractivity contribution in [2.45, 2.75) is 31.8 Å².